The van der Waals surface area contributed by atoms with Crippen LogP contribution in [0.4, 0.5) is 5.69 Å². The minimum absolute atomic E-state index is 0.0469. The summed E-state index contributed by atoms with van der Waals surface area (Å²) in [5.74, 6) is 0. The minimum Gasteiger partial charge on any atom is -0.396 e. The maximum Gasteiger partial charge on any atom is 0.0501 e. The number of hydrogen-bond acceptors (Lipinski definition) is 2. The highest BCUT2D eigenvalue weighted by Crippen LogP contribution is 2.26. The molecular weight excluding hydrogens is 266 g/mol. The summed E-state index contributed by atoms with van der Waals surface area (Å²) in [5, 5.41) is 12.7. The van der Waals surface area contributed by atoms with Crippen LogP contribution >= 0.6 is 15.9 Å². The summed E-state index contributed by atoms with van der Waals surface area (Å²) in [5.41, 5.74) is 2.29. The standard InChI is InChI=1S/C13H20BrNO/c1-4-13(3,9-16)8-15-12-7-5-6-11(14)10(12)2/h5-7,15-16H,4,8-9H2,1-3H3. The Bertz CT molecular complexity index is 348. The lowest BCUT2D eigenvalue weighted by Crippen LogP contribution is -2.29. The van der Waals surface area contributed by atoms with Gasteiger partial charge in [0.2, 0.25) is 0 Å². The van der Waals surface area contributed by atoms with Crippen molar-refractivity contribution in [2.75, 3.05) is 18.5 Å². The van der Waals surface area contributed by atoms with Gasteiger partial charge in [-0.25, -0.2) is 0 Å². The second-order valence-electron chi connectivity index (χ2n) is 4.59. The Morgan fingerprint density at radius 1 is 1.44 bits per heavy atom. The molecule has 0 spiro atoms. The van der Waals surface area contributed by atoms with Crippen LogP contribution in [0.3, 0.4) is 0 Å². The molecule has 1 rings (SSSR count). The zero-order valence-electron chi connectivity index (χ0n) is 10.2. The quantitative estimate of drug-likeness (QED) is 0.867. The van der Waals surface area contributed by atoms with Gasteiger partial charge in [-0.15, -0.1) is 0 Å². The Morgan fingerprint density at radius 2 is 2.12 bits per heavy atom. The minimum atomic E-state index is -0.0469. The van der Waals surface area contributed by atoms with Crippen LogP contribution < -0.4 is 5.32 Å². The molecule has 0 heterocycles. The van der Waals surface area contributed by atoms with Gasteiger partial charge in [-0.1, -0.05) is 35.8 Å². The number of benzene rings is 1. The lowest BCUT2D eigenvalue weighted by atomic mass is 9.88. The van der Waals surface area contributed by atoms with E-state index < -0.39 is 0 Å². The second-order valence-corrected chi connectivity index (χ2v) is 5.44. The molecule has 0 aliphatic carbocycles. The van der Waals surface area contributed by atoms with Gasteiger partial charge >= 0.3 is 0 Å². The molecule has 3 heteroatoms. The summed E-state index contributed by atoms with van der Waals surface area (Å²) in [4.78, 5) is 0. The SMILES string of the molecule is CCC(C)(CO)CNc1cccc(Br)c1C. The number of aliphatic hydroxyl groups excluding tert-OH is 1. The number of halogens is 1. The highest BCUT2D eigenvalue weighted by molar-refractivity contribution is 9.10. The number of anilines is 1. The summed E-state index contributed by atoms with van der Waals surface area (Å²) in [7, 11) is 0. The van der Waals surface area contributed by atoms with Crippen molar-refractivity contribution in [2.24, 2.45) is 5.41 Å². The molecule has 1 aromatic rings. The molecule has 0 aliphatic rings. The molecule has 90 valence electrons. The van der Waals surface area contributed by atoms with E-state index in [1.165, 1.54) is 5.56 Å². The third-order valence-corrected chi connectivity index (χ3v) is 4.07. The number of aliphatic hydroxyl groups is 1. The van der Waals surface area contributed by atoms with Crippen LogP contribution in [-0.4, -0.2) is 18.3 Å². The summed E-state index contributed by atoms with van der Waals surface area (Å²) in [6.45, 7) is 7.27. The van der Waals surface area contributed by atoms with Gasteiger partial charge < -0.3 is 10.4 Å². The van der Waals surface area contributed by atoms with Crippen LogP contribution in [0.15, 0.2) is 22.7 Å². The molecule has 2 nitrogen and oxygen atoms in total. The number of hydrogen-bond donors (Lipinski definition) is 2. The van der Waals surface area contributed by atoms with Gasteiger partial charge in [-0.3, -0.25) is 0 Å². The van der Waals surface area contributed by atoms with E-state index in [2.05, 4.69) is 48.1 Å². The number of rotatable bonds is 5. The number of nitrogens with one attached hydrogen (secondary N) is 1. The smallest absolute Gasteiger partial charge is 0.0501 e. The van der Waals surface area contributed by atoms with Crippen LogP contribution in [-0.2, 0) is 0 Å². The van der Waals surface area contributed by atoms with Gasteiger partial charge in [-0.05, 0) is 31.0 Å². The van der Waals surface area contributed by atoms with E-state index >= 15 is 0 Å². The van der Waals surface area contributed by atoms with Gasteiger partial charge in [0.25, 0.3) is 0 Å². The van der Waals surface area contributed by atoms with E-state index in [4.69, 9.17) is 0 Å². The van der Waals surface area contributed by atoms with Crippen molar-refractivity contribution in [1.82, 2.24) is 0 Å². The van der Waals surface area contributed by atoms with E-state index in [-0.39, 0.29) is 12.0 Å². The first-order valence-electron chi connectivity index (χ1n) is 5.62. The fraction of sp³-hybridized carbons (Fsp3) is 0.538. The van der Waals surface area contributed by atoms with Crippen LogP contribution in [0, 0.1) is 12.3 Å². The van der Waals surface area contributed by atoms with Gasteiger partial charge in [0.05, 0.1) is 6.61 Å². The van der Waals surface area contributed by atoms with E-state index in [9.17, 15) is 5.11 Å². The molecule has 1 unspecified atom stereocenters. The molecule has 0 saturated carbocycles. The predicted octanol–water partition coefficient (Wildman–Crippen LogP) is 3.58. The van der Waals surface area contributed by atoms with Crippen LogP contribution in [0.2, 0.25) is 0 Å². The van der Waals surface area contributed by atoms with Crippen LogP contribution in [0.25, 0.3) is 0 Å². The third-order valence-electron chi connectivity index (χ3n) is 3.21. The largest absolute Gasteiger partial charge is 0.396 e. The van der Waals surface area contributed by atoms with Crippen LogP contribution in [0.5, 0.6) is 0 Å². The summed E-state index contributed by atoms with van der Waals surface area (Å²) in [6, 6.07) is 6.11. The molecule has 1 atom stereocenters. The van der Waals surface area contributed by atoms with E-state index in [0.717, 1.165) is 23.1 Å². The lowest BCUT2D eigenvalue weighted by molar-refractivity contribution is 0.149. The molecule has 2 N–H and O–H groups in total. The lowest BCUT2D eigenvalue weighted by Gasteiger charge is -2.27. The molecule has 0 saturated heterocycles. The van der Waals surface area contributed by atoms with Crippen molar-refractivity contribution in [3.63, 3.8) is 0 Å². The molecule has 0 aliphatic heterocycles. The first-order valence-corrected chi connectivity index (χ1v) is 6.41. The average Bonchev–Trinajstić information content (AvgIpc) is 2.31. The normalized spacial score (nSPS) is 14.6. The highest BCUT2D eigenvalue weighted by Gasteiger charge is 2.20. The molecule has 0 bridgehead atoms. The fourth-order valence-electron chi connectivity index (χ4n) is 1.40. The Labute approximate surface area is 106 Å². The summed E-state index contributed by atoms with van der Waals surface area (Å²) in [6.07, 6.45) is 0.962. The Kier molecular flexibility index (Phi) is 4.81. The van der Waals surface area contributed by atoms with Crippen molar-refractivity contribution < 1.29 is 5.11 Å². The first kappa shape index (κ1) is 13.5. The Balaban J connectivity index is 2.71. The zero-order chi connectivity index (χ0) is 12.2. The Morgan fingerprint density at radius 3 is 2.69 bits per heavy atom. The predicted molar refractivity (Wildman–Crippen MR) is 72.9 cm³/mol. The summed E-state index contributed by atoms with van der Waals surface area (Å²) < 4.78 is 1.11. The maximum atomic E-state index is 9.34. The molecule has 0 amide bonds. The zero-order valence-corrected chi connectivity index (χ0v) is 11.8. The topological polar surface area (TPSA) is 32.3 Å². The van der Waals surface area contributed by atoms with E-state index in [1.807, 2.05) is 12.1 Å². The van der Waals surface area contributed by atoms with E-state index in [0.29, 0.717) is 0 Å². The molecule has 16 heavy (non-hydrogen) atoms. The van der Waals surface area contributed by atoms with Crippen molar-refractivity contribution in [2.45, 2.75) is 27.2 Å². The molecule has 0 fully saturated rings. The average molecular weight is 286 g/mol. The fourth-order valence-corrected chi connectivity index (χ4v) is 1.77. The second kappa shape index (κ2) is 5.69. The third kappa shape index (κ3) is 3.22. The van der Waals surface area contributed by atoms with Crippen molar-refractivity contribution >= 4 is 21.6 Å². The monoisotopic (exact) mass is 285 g/mol. The van der Waals surface area contributed by atoms with E-state index in [1.54, 1.807) is 0 Å². The summed E-state index contributed by atoms with van der Waals surface area (Å²) >= 11 is 3.51. The molecule has 1 aromatic carbocycles. The van der Waals surface area contributed by atoms with Gasteiger partial charge in [0.1, 0.15) is 0 Å². The highest BCUT2D eigenvalue weighted by atomic mass is 79.9. The molecule has 0 radical (unpaired) electrons. The van der Waals surface area contributed by atoms with Gasteiger partial charge in [0.15, 0.2) is 0 Å². The van der Waals surface area contributed by atoms with Crippen molar-refractivity contribution in [3.8, 4) is 0 Å². The Hall–Kier alpha value is -0.540. The maximum absolute atomic E-state index is 9.34. The van der Waals surface area contributed by atoms with Gasteiger partial charge in [0, 0.05) is 22.1 Å². The molecular formula is C13H20BrNO. The van der Waals surface area contributed by atoms with Gasteiger partial charge in [-0.2, -0.15) is 0 Å². The van der Waals surface area contributed by atoms with Crippen molar-refractivity contribution in [3.05, 3.63) is 28.2 Å². The van der Waals surface area contributed by atoms with Crippen LogP contribution in [0.1, 0.15) is 25.8 Å². The molecule has 0 aromatic heterocycles. The first-order chi connectivity index (χ1) is 7.52. The van der Waals surface area contributed by atoms with Crippen molar-refractivity contribution in [1.29, 1.82) is 0 Å².